The van der Waals surface area contributed by atoms with Gasteiger partial charge in [-0.3, -0.25) is 9.36 Å². The molecule has 0 unspecified atom stereocenters. The van der Waals surface area contributed by atoms with Gasteiger partial charge in [0.1, 0.15) is 0 Å². The molecule has 41 heavy (non-hydrogen) atoms. The fourth-order valence-electron chi connectivity index (χ4n) is 6.46. The lowest BCUT2D eigenvalue weighted by molar-refractivity contribution is 0.585. The van der Waals surface area contributed by atoms with Crippen molar-refractivity contribution in [3.8, 4) is 11.3 Å². The van der Waals surface area contributed by atoms with Gasteiger partial charge in [-0.15, -0.1) is 0 Å². The van der Waals surface area contributed by atoms with Crippen molar-refractivity contribution in [1.82, 2.24) is 9.55 Å². The van der Waals surface area contributed by atoms with Gasteiger partial charge in [-0.05, 0) is 53.7 Å². The summed E-state index contributed by atoms with van der Waals surface area (Å²) in [6.07, 6.45) is 3.91. The summed E-state index contributed by atoms with van der Waals surface area (Å²) in [6, 6.07) is 35.5. The highest BCUT2D eigenvalue weighted by Gasteiger charge is 2.32. The number of aromatic nitrogens is 2. The normalized spacial score (nSPS) is 16.3. The lowest BCUT2D eigenvalue weighted by Gasteiger charge is -2.30. The maximum atomic E-state index is 14.3. The second-order valence-electron chi connectivity index (χ2n) is 10.8. The number of rotatable bonds is 3. The molecular formula is C36H27N3OS. The number of H-pyrrole nitrogens is 1. The van der Waals surface area contributed by atoms with Crippen molar-refractivity contribution in [2.75, 3.05) is 0 Å². The van der Waals surface area contributed by atoms with Crippen LogP contribution in [0.4, 0.5) is 0 Å². The van der Waals surface area contributed by atoms with Crippen LogP contribution >= 0.6 is 11.3 Å². The summed E-state index contributed by atoms with van der Waals surface area (Å²) >= 11 is 1.49. The van der Waals surface area contributed by atoms with Gasteiger partial charge in [0.15, 0.2) is 4.80 Å². The Bertz CT molecular complexity index is 2180. The van der Waals surface area contributed by atoms with E-state index in [1.54, 1.807) is 0 Å². The van der Waals surface area contributed by atoms with Gasteiger partial charge >= 0.3 is 0 Å². The maximum absolute atomic E-state index is 14.3. The van der Waals surface area contributed by atoms with Crippen LogP contribution in [0, 0.1) is 6.92 Å². The van der Waals surface area contributed by atoms with E-state index in [-0.39, 0.29) is 11.6 Å². The van der Waals surface area contributed by atoms with Crippen LogP contribution in [0.2, 0.25) is 0 Å². The van der Waals surface area contributed by atoms with Gasteiger partial charge in [-0.2, -0.15) is 0 Å². The van der Waals surface area contributed by atoms with Crippen molar-refractivity contribution in [3.63, 3.8) is 0 Å². The minimum absolute atomic E-state index is 0.00836. The van der Waals surface area contributed by atoms with Crippen LogP contribution in [0.25, 0.3) is 33.9 Å². The van der Waals surface area contributed by atoms with Crippen LogP contribution in [0.3, 0.4) is 0 Å². The van der Waals surface area contributed by atoms with Crippen LogP contribution in [0.5, 0.6) is 0 Å². The molecule has 0 bridgehead atoms. The fraction of sp³-hybridized carbons (Fsp3) is 0.111. The number of fused-ring (bicyclic) bond motifs is 4. The van der Waals surface area contributed by atoms with E-state index in [1.165, 1.54) is 33.6 Å². The molecule has 0 spiro atoms. The van der Waals surface area contributed by atoms with Crippen molar-refractivity contribution in [2.45, 2.75) is 25.8 Å². The van der Waals surface area contributed by atoms with Crippen LogP contribution < -0.4 is 14.9 Å². The minimum Gasteiger partial charge on any atom is -0.354 e. The summed E-state index contributed by atoms with van der Waals surface area (Å²) in [5, 5.41) is 1.11. The molecule has 2 aromatic heterocycles. The summed E-state index contributed by atoms with van der Waals surface area (Å²) in [5.41, 5.74) is 11.3. The first-order chi connectivity index (χ1) is 20.2. The molecule has 4 nitrogen and oxygen atoms in total. The van der Waals surface area contributed by atoms with E-state index < -0.39 is 0 Å². The third-order valence-electron chi connectivity index (χ3n) is 8.41. The molecule has 0 saturated carbocycles. The van der Waals surface area contributed by atoms with Gasteiger partial charge in [0.05, 0.1) is 22.0 Å². The summed E-state index contributed by atoms with van der Waals surface area (Å²) in [7, 11) is 0. The molecule has 198 valence electrons. The summed E-state index contributed by atoms with van der Waals surface area (Å²) < 4.78 is 2.62. The van der Waals surface area contributed by atoms with E-state index in [1.807, 2.05) is 28.8 Å². The molecule has 1 N–H and O–H groups in total. The maximum Gasteiger partial charge on any atom is 0.271 e. The zero-order valence-corrected chi connectivity index (χ0v) is 23.4. The third-order valence-corrected chi connectivity index (χ3v) is 9.39. The van der Waals surface area contributed by atoms with Crippen molar-refractivity contribution in [2.24, 2.45) is 4.99 Å². The van der Waals surface area contributed by atoms with Gasteiger partial charge in [0, 0.05) is 22.0 Å². The fourth-order valence-corrected chi connectivity index (χ4v) is 7.44. The van der Waals surface area contributed by atoms with Crippen LogP contribution in [-0.2, 0) is 6.42 Å². The second kappa shape index (κ2) is 9.43. The van der Waals surface area contributed by atoms with Gasteiger partial charge < -0.3 is 4.98 Å². The highest BCUT2D eigenvalue weighted by molar-refractivity contribution is 7.07. The van der Waals surface area contributed by atoms with E-state index >= 15 is 0 Å². The predicted molar refractivity (Wildman–Crippen MR) is 168 cm³/mol. The van der Waals surface area contributed by atoms with E-state index in [0.29, 0.717) is 4.53 Å². The quantitative estimate of drug-likeness (QED) is 0.260. The zero-order valence-electron chi connectivity index (χ0n) is 22.6. The summed E-state index contributed by atoms with van der Waals surface area (Å²) in [5.74, 6) is 0. The first-order valence-electron chi connectivity index (χ1n) is 14.0. The molecule has 5 heteroatoms. The SMILES string of the molecule is Cc1cccc2c(/C=c3/sc4n(c3=O)[C@H](c3ccccc3)C3=C(N=4)c4ccccc4CC3)c(-c3ccccc3)[nH]c12. The van der Waals surface area contributed by atoms with Crippen LogP contribution in [-0.4, -0.2) is 9.55 Å². The Kier molecular flexibility index (Phi) is 5.54. The number of hydrogen-bond acceptors (Lipinski definition) is 3. The molecule has 4 aromatic carbocycles. The van der Waals surface area contributed by atoms with E-state index in [0.717, 1.165) is 56.6 Å². The van der Waals surface area contributed by atoms with Gasteiger partial charge in [-0.1, -0.05) is 114 Å². The average molecular weight is 550 g/mol. The predicted octanol–water partition coefficient (Wildman–Crippen LogP) is 6.78. The molecule has 0 amide bonds. The summed E-state index contributed by atoms with van der Waals surface area (Å²) in [6.45, 7) is 2.12. The van der Waals surface area contributed by atoms with Crippen molar-refractivity contribution in [3.05, 3.63) is 156 Å². The molecule has 1 aliphatic carbocycles. The van der Waals surface area contributed by atoms with Crippen LogP contribution in [0.15, 0.2) is 118 Å². The number of allylic oxidation sites excluding steroid dienone is 1. The number of nitrogens with one attached hydrogen (secondary N) is 1. The first kappa shape index (κ1) is 24.1. The van der Waals surface area contributed by atoms with Crippen LogP contribution in [0.1, 0.15) is 40.3 Å². The Labute approximate surface area is 241 Å². The zero-order chi connectivity index (χ0) is 27.5. The van der Waals surface area contributed by atoms with E-state index in [9.17, 15) is 4.79 Å². The molecule has 0 radical (unpaired) electrons. The highest BCUT2D eigenvalue weighted by Crippen LogP contribution is 2.41. The smallest absolute Gasteiger partial charge is 0.271 e. The number of hydrogen-bond donors (Lipinski definition) is 1. The monoisotopic (exact) mass is 549 g/mol. The molecule has 0 saturated heterocycles. The topological polar surface area (TPSA) is 50.1 Å². The second-order valence-corrected chi connectivity index (χ2v) is 11.8. The third kappa shape index (κ3) is 3.80. The van der Waals surface area contributed by atoms with Gasteiger partial charge in [-0.25, -0.2) is 4.99 Å². The van der Waals surface area contributed by atoms with Crippen molar-refractivity contribution < 1.29 is 0 Å². The van der Waals surface area contributed by atoms with Gasteiger partial charge in [0.2, 0.25) is 0 Å². The Morgan fingerprint density at radius 3 is 2.46 bits per heavy atom. The highest BCUT2D eigenvalue weighted by atomic mass is 32.1. The standard InChI is InChI=1S/C36H27N3OS/c1-22-11-10-18-27-29(32(37-31(22)27)24-13-4-2-5-14-24)21-30-35(40)39-34(25-15-6-3-7-16-25)28-20-19-23-12-8-9-17-26(23)33(28)38-36(39)41-30/h2-18,21,34,37H,19-20H2,1H3/b30-21+/t34-/m1/s1. The Morgan fingerprint density at radius 1 is 0.878 bits per heavy atom. The average Bonchev–Trinajstić information content (AvgIpc) is 3.55. The first-order valence-corrected chi connectivity index (χ1v) is 14.8. The molecule has 8 rings (SSSR count). The van der Waals surface area contributed by atoms with Crippen molar-refractivity contribution >= 4 is 34.0 Å². The largest absolute Gasteiger partial charge is 0.354 e. The van der Waals surface area contributed by atoms with Gasteiger partial charge in [0.25, 0.3) is 5.56 Å². The Morgan fingerprint density at radius 2 is 1.63 bits per heavy atom. The van der Waals surface area contributed by atoms with E-state index in [4.69, 9.17) is 4.99 Å². The number of aromatic amines is 1. The molecule has 1 atom stereocenters. The molecule has 3 heterocycles. The number of aryl methyl sites for hydroxylation is 2. The Balaban J connectivity index is 1.41. The number of thiazole rings is 1. The minimum atomic E-state index is -0.170. The molecule has 1 aliphatic heterocycles. The molecule has 6 aromatic rings. The lowest BCUT2D eigenvalue weighted by atomic mass is 9.83. The molecule has 2 aliphatic rings. The van der Waals surface area contributed by atoms with Crippen molar-refractivity contribution in [1.29, 1.82) is 0 Å². The molecular weight excluding hydrogens is 522 g/mol. The Hall–Kier alpha value is -4.74. The molecule has 0 fully saturated rings. The number of benzene rings is 4. The summed E-state index contributed by atoms with van der Waals surface area (Å²) in [4.78, 5) is 24.0. The number of para-hydroxylation sites is 1. The lowest BCUT2D eigenvalue weighted by Crippen LogP contribution is -2.38. The number of nitrogens with zero attached hydrogens (tertiary/aromatic N) is 2. The van der Waals surface area contributed by atoms with E-state index in [2.05, 4.69) is 96.8 Å².